The third-order valence-corrected chi connectivity index (χ3v) is 8.98. The van der Waals surface area contributed by atoms with Gasteiger partial charge in [-0.25, -0.2) is 0 Å². The van der Waals surface area contributed by atoms with E-state index in [4.69, 9.17) is 9.47 Å². The van der Waals surface area contributed by atoms with Crippen LogP contribution in [0.3, 0.4) is 0 Å². The van der Waals surface area contributed by atoms with Gasteiger partial charge in [-0.2, -0.15) is 0 Å². The highest BCUT2D eigenvalue weighted by Gasteiger charge is 2.68. The van der Waals surface area contributed by atoms with Crippen molar-refractivity contribution < 1.29 is 19.1 Å². The highest BCUT2D eigenvalue weighted by Crippen LogP contribution is 2.68. The van der Waals surface area contributed by atoms with Gasteiger partial charge in [0, 0.05) is 11.8 Å². The molecule has 0 radical (unpaired) electrons. The molecule has 40 heavy (non-hydrogen) atoms. The maximum Gasteiger partial charge on any atom is 0.322 e. The van der Waals surface area contributed by atoms with Gasteiger partial charge in [0.1, 0.15) is 10.8 Å². The van der Waals surface area contributed by atoms with Crippen molar-refractivity contribution in [3.05, 3.63) is 142 Å². The highest BCUT2D eigenvalue weighted by atomic mass is 16.5. The van der Waals surface area contributed by atoms with Crippen molar-refractivity contribution in [3.63, 3.8) is 0 Å². The average molecular weight is 529 g/mol. The summed E-state index contributed by atoms with van der Waals surface area (Å²) in [5.74, 6) is -1.35. The third kappa shape index (κ3) is 2.91. The summed E-state index contributed by atoms with van der Waals surface area (Å²) in [5.41, 5.74) is 5.20. The summed E-state index contributed by atoms with van der Waals surface area (Å²) in [6.45, 7) is 7.60. The van der Waals surface area contributed by atoms with Crippen LogP contribution in [0.1, 0.15) is 84.0 Å². The number of esters is 2. The molecular formula is C36H32O4. The highest BCUT2D eigenvalue weighted by molar-refractivity contribution is 6.00. The lowest BCUT2D eigenvalue weighted by molar-refractivity contribution is -0.154. The summed E-state index contributed by atoms with van der Waals surface area (Å²) in [6, 6.07) is 32.6. The quantitative estimate of drug-likeness (QED) is 0.275. The zero-order valence-corrected chi connectivity index (χ0v) is 23.2. The predicted molar refractivity (Wildman–Crippen MR) is 153 cm³/mol. The van der Waals surface area contributed by atoms with Crippen molar-refractivity contribution >= 4 is 11.9 Å². The SMILES string of the molecule is CC(C)OC(=O)C12c3ccccc3C(c3ccccc31)C1(C(=O)OC(C)C)c3ccccc3C2c2ccccc21. The van der Waals surface area contributed by atoms with E-state index in [9.17, 15) is 9.59 Å². The van der Waals surface area contributed by atoms with Crippen LogP contribution in [-0.2, 0) is 29.9 Å². The van der Waals surface area contributed by atoms with Crippen LogP contribution in [-0.4, -0.2) is 24.1 Å². The largest absolute Gasteiger partial charge is 0.462 e. The predicted octanol–water partition coefficient (Wildman–Crippen LogP) is 6.77. The van der Waals surface area contributed by atoms with E-state index in [2.05, 4.69) is 48.5 Å². The molecule has 0 saturated heterocycles. The molecule has 6 aliphatic carbocycles. The minimum atomic E-state index is -1.14. The van der Waals surface area contributed by atoms with E-state index < -0.39 is 22.7 Å². The standard InChI is InChI=1S/C36H32O4/c1-21(2)39-33(37)35-27-17-9-5-13-23(27)32(24-14-6-10-18-28(24)35)36(34(38)40-22(3)4)29-19-11-7-15-25(29)31(35)26-16-8-12-20-30(26)36/h5-22,31-32H,1-4H3. The van der Waals surface area contributed by atoms with Gasteiger partial charge < -0.3 is 9.47 Å². The van der Waals surface area contributed by atoms with E-state index in [1.807, 2.05) is 76.2 Å². The lowest BCUT2D eigenvalue weighted by Gasteiger charge is -2.58. The van der Waals surface area contributed by atoms with Gasteiger partial charge in [-0.15, -0.1) is 0 Å². The molecule has 0 aromatic heterocycles. The minimum Gasteiger partial charge on any atom is -0.462 e. The van der Waals surface area contributed by atoms with E-state index >= 15 is 0 Å². The molecule has 6 aliphatic rings. The van der Waals surface area contributed by atoms with Gasteiger partial charge >= 0.3 is 11.9 Å². The third-order valence-electron chi connectivity index (χ3n) is 8.98. The Kier molecular flexibility index (Phi) is 5.38. The molecule has 0 N–H and O–H groups in total. The summed E-state index contributed by atoms with van der Waals surface area (Å²) in [4.78, 5) is 29.7. The molecule has 4 nitrogen and oxygen atoms in total. The number of hydrogen-bond donors (Lipinski definition) is 0. The summed E-state index contributed by atoms with van der Waals surface area (Å²) in [6.07, 6.45) is -0.586. The molecular weight excluding hydrogens is 496 g/mol. The first-order valence-corrected chi connectivity index (χ1v) is 14.1. The number of hydrogen-bond acceptors (Lipinski definition) is 4. The maximum atomic E-state index is 14.8. The first kappa shape index (κ1) is 24.8. The molecule has 0 spiro atoms. The normalized spacial score (nSPS) is 24.9. The van der Waals surface area contributed by atoms with E-state index in [0.29, 0.717) is 0 Å². The Morgan fingerprint density at radius 3 is 1.00 bits per heavy atom. The number of benzene rings is 4. The second-order valence-electron chi connectivity index (χ2n) is 11.7. The fourth-order valence-electron chi connectivity index (χ4n) is 7.90. The van der Waals surface area contributed by atoms with E-state index in [-0.39, 0.29) is 24.1 Å². The number of carbonyl (C=O) groups is 2. The first-order valence-electron chi connectivity index (χ1n) is 14.1. The van der Waals surface area contributed by atoms with Crippen molar-refractivity contribution in [1.82, 2.24) is 0 Å². The fourth-order valence-corrected chi connectivity index (χ4v) is 7.90. The van der Waals surface area contributed by atoms with Crippen molar-refractivity contribution in [2.75, 3.05) is 0 Å². The zero-order valence-electron chi connectivity index (χ0n) is 23.2. The number of ether oxygens (including phenoxy) is 2. The fraction of sp³-hybridized carbons (Fsp3) is 0.278. The van der Waals surface area contributed by atoms with Crippen LogP contribution < -0.4 is 0 Å². The summed E-state index contributed by atoms with van der Waals surface area (Å²) >= 11 is 0. The van der Waals surface area contributed by atoms with Gasteiger partial charge in [-0.3, -0.25) is 9.59 Å². The van der Waals surface area contributed by atoms with Crippen molar-refractivity contribution in [1.29, 1.82) is 0 Å². The zero-order chi connectivity index (χ0) is 27.8. The second-order valence-corrected chi connectivity index (χ2v) is 11.7. The van der Waals surface area contributed by atoms with Gasteiger partial charge in [0.25, 0.3) is 0 Å². The van der Waals surface area contributed by atoms with Crippen molar-refractivity contribution in [2.24, 2.45) is 0 Å². The molecule has 10 rings (SSSR count). The summed E-state index contributed by atoms with van der Waals surface area (Å²) in [7, 11) is 0. The Morgan fingerprint density at radius 1 is 0.500 bits per heavy atom. The van der Waals surface area contributed by atoms with E-state index in [0.717, 1.165) is 44.5 Å². The van der Waals surface area contributed by atoms with Crippen LogP contribution in [0.4, 0.5) is 0 Å². The topological polar surface area (TPSA) is 52.6 Å². The van der Waals surface area contributed by atoms with Gasteiger partial charge in [-0.1, -0.05) is 97.1 Å². The molecule has 0 amide bonds. The molecule has 4 heteroatoms. The van der Waals surface area contributed by atoms with Crippen molar-refractivity contribution in [3.8, 4) is 0 Å². The van der Waals surface area contributed by atoms with Crippen LogP contribution >= 0.6 is 0 Å². The van der Waals surface area contributed by atoms with Crippen molar-refractivity contribution in [2.45, 2.75) is 62.6 Å². The molecule has 200 valence electrons. The smallest absolute Gasteiger partial charge is 0.322 e. The molecule has 0 fully saturated rings. The van der Waals surface area contributed by atoms with Gasteiger partial charge in [0.2, 0.25) is 0 Å². The lowest BCUT2D eigenvalue weighted by Crippen LogP contribution is -2.59. The van der Waals surface area contributed by atoms with Crippen LogP contribution in [0.2, 0.25) is 0 Å². The second kappa shape index (κ2) is 8.66. The molecule has 0 atom stereocenters. The Balaban J connectivity index is 1.75. The van der Waals surface area contributed by atoms with Gasteiger partial charge in [0.15, 0.2) is 0 Å². The van der Waals surface area contributed by atoms with Gasteiger partial charge in [0.05, 0.1) is 12.2 Å². The Morgan fingerprint density at radius 2 is 0.750 bits per heavy atom. The average Bonchev–Trinajstić information content (AvgIpc) is 2.93. The Hall–Kier alpha value is -4.18. The first-order chi connectivity index (χ1) is 19.3. The summed E-state index contributed by atoms with van der Waals surface area (Å²) in [5, 5.41) is 0. The maximum absolute atomic E-state index is 14.8. The molecule has 4 aromatic rings. The Bertz CT molecular complexity index is 1460. The van der Waals surface area contributed by atoms with E-state index in [1.165, 1.54) is 0 Å². The van der Waals surface area contributed by atoms with Crippen LogP contribution in [0.5, 0.6) is 0 Å². The van der Waals surface area contributed by atoms with Crippen LogP contribution in [0.15, 0.2) is 97.1 Å². The molecule has 4 aromatic carbocycles. The van der Waals surface area contributed by atoms with Crippen LogP contribution in [0, 0.1) is 0 Å². The Labute approximate surface area is 235 Å². The molecule has 0 heterocycles. The minimum absolute atomic E-state index is 0.269. The van der Waals surface area contributed by atoms with Crippen LogP contribution in [0.25, 0.3) is 0 Å². The number of rotatable bonds is 4. The molecule has 0 aliphatic heterocycles. The van der Waals surface area contributed by atoms with E-state index in [1.54, 1.807) is 0 Å². The monoisotopic (exact) mass is 528 g/mol. The van der Waals surface area contributed by atoms with Gasteiger partial charge in [-0.05, 0) is 72.2 Å². The number of carbonyl (C=O) groups excluding carboxylic acids is 2. The molecule has 4 bridgehead atoms. The lowest BCUT2D eigenvalue weighted by atomic mass is 9.42. The molecule has 0 unspecified atom stereocenters. The molecule has 0 saturated carbocycles. The summed E-state index contributed by atoms with van der Waals surface area (Å²) < 4.78 is 12.4.